The summed E-state index contributed by atoms with van der Waals surface area (Å²) in [6.45, 7) is 7.37. The number of tetrazole rings is 1. The van der Waals surface area contributed by atoms with E-state index in [1.54, 1.807) is 6.07 Å². The van der Waals surface area contributed by atoms with Gasteiger partial charge in [-0.1, -0.05) is 38.4 Å². The monoisotopic (exact) mass is 483 g/mol. The lowest BCUT2D eigenvalue weighted by Crippen LogP contribution is -2.54. The first-order chi connectivity index (χ1) is 15.1. The average molecular weight is 484 g/mol. The Morgan fingerprint density at radius 3 is 2.24 bits per heavy atom. The van der Waals surface area contributed by atoms with Gasteiger partial charge in [-0.25, -0.2) is 4.39 Å². The molecular weight excluding hydrogens is 462 g/mol. The van der Waals surface area contributed by atoms with Crippen LogP contribution in [0.25, 0.3) is 16.8 Å². The van der Waals surface area contributed by atoms with Crippen molar-refractivity contribution in [2.24, 2.45) is 0 Å². The molecule has 0 radical (unpaired) electrons. The van der Waals surface area contributed by atoms with Crippen molar-refractivity contribution in [1.29, 1.82) is 0 Å². The van der Waals surface area contributed by atoms with Crippen LogP contribution in [0, 0.1) is 5.82 Å². The summed E-state index contributed by atoms with van der Waals surface area (Å²) in [5.74, 6) is -1.18. The molecule has 0 aliphatic rings. The molecule has 11 heteroatoms. The molecule has 1 aromatic heterocycles. The Bertz CT molecular complexity index is 1200. The second-order valence-corrected chi connectivity index (χ2v) is 9.55. The van der Waals surface area contributed by atoms with E-state index < -0.39 is 28.9 Å². The van der Waals surface area contributed by atoms with Crippen LogP contribution in [0.5, 0.6) is 0 Å². The molecule has 33 heavy (non-hydrogen) atoms. The Labute approximate surface area is 192 Å². The number of halogens is 5. The van der Waals surface area contributed by atoms with Gasteiger partial charge < -0.3 is 5.32 Å². The maximum atomic E-state index is 14.1. The number of carbonyl (C=O) groups is 1. The summed E-state index contributed by atoms with van der Waals surface area (Å²) in [4.78, 5) is 12.8. The molecule has 1 N–H and O–H groups in total. The van der Waals surface area contributed by atoms with Crippen LogP contribution < -0.4 is 5.32 Å². The summed E-state index contributed by atoms with van der Waals surface area (Å²) in [7, 11) is 0. The van der Waals surface area contributed by atoms with Crippen LogP contribution in [-0.4, -0.2) is 37.8 Å². The summed E-state index contributed by atoms with van der Waals surface area (Å²) in [5.41, 5.74) is -1.97. The number of alkyl halides is 3. The van der Waals surface area contributed by atoms with Gasteiger partial charge in [-0.15, -0.1) is 5.10 Å². The number of amides is 1. The SMILES string of the molecule is CC(C)(C)c1nnnn1-c1cc(C(=O)NC(C)(C)C(F)(F)F)cc(-c2ccc(Cl)c(F)c2)c1. The number of rotatable bonds is 4. The predicted octanol–water partition coefficient (Wildman–Crippen LogP) is 5.49. The second-order valence-electron chi connectivity index (χ2n) is 9.14. The summed E-state index contributed by atoms with van der Waals surface area (Å²) >= 11 is 5.77. The fraction of sp³-hybridized carbons (Fsp3) is 0.364. The fourth-order valence-electron chi connectivity index (χ4n) is 2.96. The van der Waals surface area contributed by atoms with Gasteiger partial charge in [0.05, 0.1) is 10.7 Å². The van der Waals surface area contributed by atoms with Crippen LogP contribution in [-0.2, 0) is 5.41 Å². The largest absolute Gasteiger partial charge is 0.410 e. The van der Waals surface area contributed by atoms with Crippen molar-refractivity contribution >= 4 is 17.5 Å². The van der Waals surface area contributed by atoms with Crippen molar-refractivity contribution in [3.63, 3.8) is 0 Å². The van der Waals surface area contributed by atoms with Crippen molar-refractivity contribution in [1.82, 2.24) is 25.5 Å². The van der Waals surface area contributed by atoms with E-state index in [1.807, 2.05) is 26.1 Å². The highest BCUT2D eigenvalue weighted by atomic mass is 35.5. The highest BCUT2D eigenvalue weighted by Gasteiger charge is 2.48. The predicted molar refractivity (Wildman–Crippen MR) is 116 cm³/mol. The van der Waals surface area contributed by atoms with Gasteiger partial charge in [-0.3, -0.25) is 4.79 Å². The Kier molecular flexibility index (Phi) is 6.27. The van der Waals surface area contributed by atoms with Gasteiger partial charge in [-0.2, -0.15) is 17.9 Å². The average Bonchev–Trinajstić information content (AvgIpc) is 3.19. The lowest BCUT2D eigenvalue weighted by atomic mass is 9.95. The number of nitrogens with one attached hydrogen (secondary N) is 1. The van der Waals surface area contributed by atoms with Gasteiger partial charge in [0.15, 0.2) is 5.82 Å². The summed E-state index contributed by atoms with van der Waals surface area (Å²) in [6, 6.07) is 8.42. The van der Waals surface area contributed by atoms with Gasteiger partial charge in [0, 0.05) is 11.0 Å². The van der Waals surface area contributed by atoms with Crippen LogP contribution in [0.2, 0.25) is 5.02 Å². The molecule has 1 heterocycles. The van der Waals surface area contributed by atoms with Crippen LogP contribution in [0.15, 0.2) is 36.4 Å². The smallest absolute Gasteiger partial charge is 0.338 e. The van der Waals surface area contributed by atoms with E-state index in [0.29, 0.717) is 22.6 Å². The molecule has 176 valence electrons. The molecule has 6 nitrogen and oxygen atoms in total. The topological polar surface area (TPSA) is 72.7 Å². The maximum absolute atomic E-state index is 14.1. The van der Waals surface area contributed by atoms with E-state index >= 15 is 0 Å². The molecule has 3 aromatic rings. The van der Waals surface area contributed by atoms with E-state index in [1.165, 1.54) is 35.0 Å². The zero-order valence-electron chi connectivity index (χ0n) is 18.6. The van der Waals surface area contributed by atoms with E-state index in [-0.39, 0.29) is 10.6 Å². The minimum atomic E-state index is -4.67. The quantitative estimate of drug-likeness (QED) is 0.498. The first kappa shape index (κ1) is 24.6. The van der Waals surface area contributed by atoms with Gasteiger partial charge in [0.1, 0.15) is 11.4 Å². The molecular formula is C22H22ClF4N5O. The van der Waals surface area contributed by atoms with Crippen molar-refractivity contribution in [2.45, 2.75) is 51.7 Å². The number of hydrogen-bond donors (Lipinski definition) is 1. The third-order valence-electron chi connectivity index (χ3n) is 4.95. The molecule has 3 rings (SSSR count). The lowest BCUT2D eigenvalue weighted by Gasteiger charge is -2.29. The molecule has 0 atom stereocenters. The Hall–Kier alpha value is -3.01. The van der Waals surface area contributed by atoms with Gasteiger partial charge in [0.25, 0.3) is 5.91 Å². The van der Waals surface area contributed by atoms with Gasteiger partial charge in [0.2, 0.25) is 0 Å². The molecule has 1 amide bonds. The summed E-state index contributed by atoms with van der Waals surface area (Å²) < 4.78 is 55.5. The molecule has 0 unspecified atom stereocenters. The van der Waals surface area contributed by atoms with Crippen molar-refractivity contribution < 1.29 is 22.4 Å². The first-order valence-electron chi connectivity index (χ1n) is 9.89. The number of nitrogens with zero attached hydrogens (tertiary/aromatic N) is 4. The minimum absolute atomic E-state index is 0.0782. The van der Waals surface area contributed by atoms with Crippen LogP contribution in [0.4, 0.5) is 17.6 Å². The standard InChI is InChI=1S/C22H22ClF4N5O/c1-20(2,3)19-29-30-31-32(19)15-9-13(12-6-7-16(23)17(24)11-12)8-14(10-15)18(33)28-21(4,5)22(25,26)27/h6-11H,1-5H3,(H,28,33). The molecule has 0 saturated heterocycles. The van der Waals surface area contributed by atoms with Crippen LogP contribution in [0.3, 0.4) is 0 Å². The lowest BCUT2D eigenvalue weighted by molar-refractivity contribution is -0.182. The van der Waals surface area contributed by atoms with E-state index in [4.69, 9.17) is 11.6 Å². The van der Waals surface area contributed by atoms with Crippen LogP contribution in [0.1, 0.15) is 50.8 Å². The van der Waals surface area contributed by atoms with Gasteiger partial charge in [-0.05, 0) is 65.7 Å². The van der Waals surface area contributed by atoms with Gasteiger partial charge >= 0.3 is 6.18 Å². The summed E-state index contributed by atoms with van der Waals surface area (Å²) in [6.07, 6.45) is -4.67. The fourth-order valence-corrected chi connectivity index (χ4v) is 3.08. The molecule has 0 spiro atoms. The Morgan fingerprint density at radius 2 is 1.67 bits per heavy atom. The highest BCUT2D eigenvalue weighted by molar-refractivity contribution is 6.30. The third-order valence-corrected chi connectivity index (χ3v) is 5.26. The van der Waals surface area contributed by atoms with Crippen molar-refractivity contribution in [3.05, 3.63) is 58.6 Å². The first-order valence-corrected chi connectivity index (χ1v) is 10.3. The third kappa shape index (κ3) is 5.16. The van der Waals surface area contributed by atoms with E-state index in [9.17, 15) is 22.4 Å². The number of aromatic nitrogens is 4. The maximum Gasteiger partial charge on any atom is 0.410 e. The number of carbonyl (C=O) groups excluding carboxylic acids is 1. The van der Waals surface area contributed by atoms with E-state index in [2.05, 4.69) is 15.5 Å². The highest BCUT2D eigenvalue weighted by Crippen LogP contribution is 2.32. The molecule has 0 aliphatic carbocycles. The summed E-state index contributed by atoms with van der Waals surface area (Å²) in [5, 5.41) is 13.6. The van der Waals surface area contributed by atoms with Crippen LogP contribution >= 0.6 is 11.6 Å². The van der Waals surface area contributed by atoms with Crippen molar-refractivity contribution in [2.75, 3.05) is 0 Å². The van der Waals surface area contributed by atoms with Crippen molar-refractivity contribution in [3.8, 4) is 16.8 Å². The molecule has 0 fully saturated rings. The number of benzene rings is 2. The Morgan fingerprint density at radius 1 is 1.00 bits per heavy atom. The minimum Gasteiger partial charge on any atom is -0.338 e. The van der Waals surface area contributed by atoms with E-state index in [0.717, 1.165) is 13.8 Å². The molecule has 0 aliphatic heterocycles. The zero-order chi connectivity index (χ0) is 24.8. The molecule has 2 aromatic carbocycles. The molecule has 0 bridgehead atoms. The zero-order valence-corrected chi connectivity index (χ0v) is 19.3. The second kappa shape index (κ2) is 8.40. The Balaban J connectivity index is 2.18. The number of hydrogen-bond acceptors (Lipinski definition) is 4. The normalized spacial score (nSPS) is 12.7. The molecule has 0 saturated carbocycles.